The Balaban J connectivity index is 1.57. The van der Waals surface area contributed by atoms with Crippen molar-refractivity contribution < 1.29 is 18.9 Å². The first-order valence-electron chi connectivity index (χ1n) is 8.46. The number of nitro groups is 1. The van der Waals surface area contributed by atoms with Crippen molar-refractivity contribution in [1.29, 1.82) is 0 Å². The average molecular weight is 355 g/mol. The summed E-state index contributed by atoms with van der Waals surface area (Å²) in [5, 5.41) is 13.6. The van der Waals surface area contributed by atoms with Crippen LogP contribution in [-0.2, 0) is 10.2 Å². The number of hydrogen-bond acceptors (Lipinski definition) is 5. The van der Waals surface area contributed by atoms with Crippen LogP contribution >= 0.6 is 0 Å². The second kappa shape index (κ2) is 5.98. The second-order valence-corrected chi connectivity index (χ2v) is 6.55. The number of nitrogens with zero attached hydrogens (tertiary/aromatic N) is 3. The number of benzene rings is 1. The molecule has 2 amide bonds. The minimum absolute atomic E-state index is 0.101. The number of hydrazine groups is 1. The standard InChI is InChI=1S/C18H17N3O5/c22-16(14-7-8-15(26-14)21(24)25)19-11-4-12-20(19)17(23)18(9-10-18)13-5-2-1-3-6-13/h1-3,5-8H,4,9-12H2. The Labute approximate surface area is 149 Å². The molecule has 1 aliphatic heterocycles. The Hall–Kier alpha value is -3.16. The number of carbonyl (C=O) groups excluding carboxylic acids is 2. The van der Waals surface area contributed by atoms with Crippen molar-refractivity contribution in [2.75, 3.05) is 13.1 Å². The van der Waals surface area contributed by atoms with Crippen LogP contribution in [0.4, 0.5) is 5.88 Å². The minimum atomic E-state index is -0.696. The third kappa shape index (κ3) is 2.54. The van der Waals surface area contributed by atoms with Gasteiger partial charge in [-0.05, 0) is 30.9 Å². The van der Waals surface area contributed by atoms with Gasteiger partial charge < -0.3 is 4.42 Å². The van der Waals surface area contributed by atoms with Crippen LogP contribution < -0.4 is 0 Å². The van der Waals surface area contributed by atoms with Gasteiger partial charge in [-0.2, -0.15) is 0 Å². The lowest BCUT2D eigenvalue weighted by molar-refractivity contribution is -0.402. The first-order chi connectivity index (χ1) is 12.5. The zero-order valence-electron chi connectivity index (χ0n) is 14.0. The molecule has 0 spiro atoms. The smallest absolute Gasteiger partial charge is 0.395 e. The fourth-order valence-corrected chi connectivity index (χ4v) is 3.46. The van der Waals surface area contributed by atoms with Gasteiger partial charge >= 0.3 is 11.8 Å². The highest BCUT2D eigenvalue weighted by Crippen LogP contribution is 2.50. The summed E-state index contributed by atoms with van der Waals surface area (Å²) in [6.07, 6.45) is 2.16. The molecule has 0 atom stereocenters. The lowest BCUT2D eigenvalue weighted by Crippen LogP contribution is -2.48. The van der Waals surface area contributed by atoms with Crippen molar-refractivity contribution in [2.24, 2.45) is 0 Å². The highest BCUT2D eigenvalue weighted by Gasteiger charge is 2.55. The van der Waals surface area contributed by atoms with E-state index in [4.69, 9.17) is 4.42 Å². The van der Waals surface area contributed by atoms with Crippen molar-refractivity contribution in [2.45, 2.75) is 24.7 Å². The van der Waals surface area contributed by atoms with Crippen LogP contribution in [0.15, 0.2) is 46.9 Å². The van der Waals surface area contributed by atoms with Gasteiger partial charge in [-0.1, -0.05) is 30.3 Å². The van der Waals surface area contributed by atoms with Crippen molar-refractivity contribution in [1.82, 2.24) is 10.0 Å². The number of carbonyl (C=O) groups is 2. The Morgan fingerprint density at radius 2 is 1.73 bits per heavy atom. The molecule has 0 unspecified atom stereocenters. The molecule has 1 saturated heterocycles. The molecule has 1 saturated carbocycles. The summed E-state index contributed by atoms with van der Waals surface area (Å²) in [5.74, 6) is -1.27. The van der Waals surface area contributed by atoms with Gasteiger partial charge in [-0.3, -0.25) is 24.7 Å². The Morgan fingerprint density at radius 3 is 2.35 bits per heavy atom. The second-order valence-electron chi connectivity index (χ2n) is 6.55. The summed E-state index contributed by atoms with van der Waals surface area (Å²) >= 11 is 0. The highest BCUT2D eigenvalue weighted by molar-refractivity contribution is 5.96. The van der Waals surface area contributed by atoms with Gasteiger partial charge in [0.25, 0.3) is 5.91 Å². The Kier molecular flexibility index (Phi) is 3.75. The fourth-order valence-electron chi connectivity index (χ4n) is 3.46. The van der Waals surface area contributed by atoms with Gasteiger partial charge in [0.15, 0.2) is 0 Å². The summed E-state index contributed by atoms with van der Waals surface area (Å²) in [6.45, 7) is 0.825. The van der Waals surface area contributed by atoms with E-state index in [1.54, 1.807) is 0 Å². The van der Waals surface area contributed by atoms with E-state index in [2.05, 4.69) is 0 Å². The molecule has 0 N–H and O–H groups in total. The number of furan rings is 1. The van der Waals surface area contributed by atoms with E-state index in [0.717, 1.165) is 24.5 Å². The maximum absolute atomic E-state index is 13.2. The van der Waals surface area contributed by atoms with Gasteiger partial charge in [0.2, 0.25) is 5.76 Å². The lowest BCUT2D eigenvalue weighted by atomic mass is 9.95. The zero-order chi connectivity index (χ0) is 18.3. The van der Waals surface area contributed by atoms with E-state index in [-0.39, 0.29) is 11.7 Å². The number of hydrogen-bond donors (Lipinski definition) is 0. The van der Waals surface area contributed by atoms with Crippen LogP contribution in [0.3, 0.4) is 0 Å². The molecule has 134 valence electrons. The van der Waals surface area contributed by atoms with E-state index in [1.807, 2.05) is 30.3 Å². The van der Waals surface area contributed by atoms with Crippen LogP contribution in [0.2, 0.25) is 0 Å². The largest absolute Gasteiger partial charge is 0.433 e. The van der Waals surface area contributed by atoms with Crippen molar-refractivity contribution in [3.63, 3.8) is 0 Å². The molecule has 8 heteroatoms. The Bertz CT molecular complexity index is 872. The molecule has 2 heterocycles. The van der Waals surface area contributed by atoms with E-state index in [9.17, 15) is 19.7 Å². The molecule has 2 aliphatic rings. The number of amides is 2. The van der Waals surface area contributed by atoms with Gasteiger partial charge in [0.05, 0.1) is 11.5 Å². The first-order valence-corrected chi connectivity index (χ1v) is 8.46. The van der Waals surface area contributed by atoms with Crippen LogP contribution in [0.5, 0.6) is 0 Å². The van der Waals surface area contributed by atoms with Gasteiger partial charge in [0, 0.05) is 13.1 Å². The summed E-state index contributed by atoms with van der Waals surface area (Å²) in [5.41, 5.74) is 0.386. The third-order valence-electron chi connectivity index (χ3n) is 4.97. The normalized spacial score (nSPS) is 18.0. The van der Waals surface area contributed by atoms with Crippen molar-refractivity contribution in [3.05, 3.63) is 63.9 Å². The third-order valence-corrected chi connectivity index (χ3v) is 4.97. The molecule has 2 aromatic rings. The molecule has 2 fully saturated rings. The summed E-state index contributed by atoms with van der Waals surface area (Å²) in [4.78, 5) is 35.9. The van der Waals surface area contributed by atoms with Crippen LogP contribution in [0.25, 0.3) is 0 Å². The van der Waals surface area contributed by atoms with Gasteiger partial charge in [-0.15, -0.1) is 0 Å². The Morgan fingerprint density at radius 1 is 1.04 bits per heavy atom. The quantitative estimate of drug-likeness (QED) is 0.620. The predicted octanol–water partition coefficient (Wildman–Crippen LogP) is 2.51. The molecular formula is C18H17N3O5. The summed E-state index contributed by atoms with van der Waals surface area (Å²) in [6, 6.07) is 12.0. The van der Waals surface area contributed by atoms with Crippen LogP contribution in [0.1, 0.15) is 35.4 Å². The number of rotatable bonds is 4. The summed E-state index contributed by atoms with van der Waals surface area (Å²) < 4.78 is 5.00. The molecule has 8 nitrogen and oxygen atoms in total. The molecular weight excluding hydrogens is 338 g/mol. The van der Waals surface area contributed by atoms with Crippen molar-refractivity contribution in [3.8, 4) is 0 Å². The molecule has 26 heavy (non-hydrogen) atoms. The highest BCUT2D eigenvalue weighted by atomic mass is 16.6. The van der Waals surface area contributed by atoms with E-state index >= 15 is 0 Å². The monoisotopic (exact) mass is 355 g/mol. The van der Waals surface area contributed by atoms with Gasteiger partial charge in [-0.25, -0.2) is 5.01 Å². The van der Waals surface area contributed by atoms with E-state index in [0.29, 0.717) is 19.5 Å². The lowest BCUT2D eigenvalue weighted by Gasteiger charge is -2.30. The fraction of sp³-hybridized carbons (Fsp3) is 0.333. The summed E-state index contributed by atoms with van der Waals surface area (Å²) in [7, 11) is 0. The molecule has 1 aromatic carbocycles. The minimum Gasteiger partial charge on any atom is -0.395 e. The van der Waals surface area contributed by atoms with E-state index < -0.39 is 22.1 Å². The topological polar surface area (TPSA) is 96.9 Å². The first kappa shape index (κ1) is 16.3. The average Bonchev–Trinajstić information content (AvgIpc) is 3.09. The van der Waals surface area contributed by atoms with Crippen LogP contribution in [-0.4, -0.2) is 39.8 Å². The molecule has 1 aliphatic carbocycles. The SMILES string of the molecule is O=C(c1ccc([N+](=O)[O-])o1)N1CCCN1C(=O)C1(c2ccccc2)CC1. The van der Waals surface area contributed by atoms with Crippen LogP contribution in [0, 0.1) is 10.1 Å². The predicted molar refractivity (Wildman–Crippen MR) is 90.1 cm³/mol. The molecule has 0 bridgehead atoms. The molecule has 1 aromatic heterocycles. The van der Waals surface area contributed by atoms with E-state index in [1.165, 1.54) is 16.1 Å². The van der Waals surface area contributed by atoms with Gasteiger partial charge in [0.1, 0.15) is 4.92 Å². The van der Waals surface area contributed by atoms with Crippen molar-refractivity contribution >= 4 is 17.7 Å². The molecule has 0 radical (unpaired) electrons. The zero-order valence-corrected chi connectivity index (χ0v) is 14.0. The maximum Gasteiger partial charge on any atom is 0.433 e. The molecule has 4 rings (SSSR count). The maximum atomic E-state index is 13.2.